The van der Waals surface area contributed by atoms with Crippen LogP contribution in [0.4, 0.5) is 0 Å². The fourth-order valence-electron chi connectivity index (χ4n) is 5.76. The van der Waals surface area contributed by atoms with Crippen molar-refractivity contribution in [3.8, 4) is 22.4 Å². The summed E-state index contributed by atoms with van der Waals surface area (Å²) in [5.74, 6) is 0. The fourth-order valence-corrected chi connectivity index (χ4v) is 5.76. The van der Waals surface area contributed by atoms with E-state index in [-0.39, 0.29) is 10.8 Å². The monoisotopic (exact) mass is 420 g/mol. The highest BCUT2D eigenvalue weighted by Gasteiger charge is 2.48. The van der Waals surface area contributed by atoms with Gasteiger partial charge in [0, 0.05) is 17.0 Å². The molecule has 5 rings (SSSR count). The van der Waals surface area contributed by atoms with Gasteiger partial charge in [-0.15, -0.1) is 0 Å². The molecule has 0 unspecified atom stereocenters. The minimum atomic E-state index is -0.0368. The van der Waals surface area contributed by atoms with Crippen LogP contribution in [0, 0.1) is 20.8 Å². The lowest BCUT2D eigenvalue weighted by Gasteiger charge is -2.49. The van der Waals surface area contributed by atoms with Crippen molar-refractivity contribution in [3.63, 3.8) is 0 Å². The zero-order chi connectivity index (χ0) is 23.0. The molecule has 32 heavy (non-hydrogen) atoms. The Balaban J connectivity index is 1.99. The van der Waals surface area contributed by atoms with Gasteiger partial charge in [0.25, 0.3) is 0 Å². The minimum Gasteiger partial charge on any atom is -0.201 e. The minimum absolute atomic E-state index is 0.0137. The Morgan fingerprint density at radius 1 is 0.688 bits per heavy atom. The van der Waals surface area contributed by atoms with E-state index in [4.69, 9.17) is 0 Å². The molecule has 0 radical (unpaired) electrons. The average Bonchev–Trinajstić information content (AvgIpc) is 2.74. The third kappa shape index (κ3) is 2.67. The van der Waals surface area contributed by atoms with Gasteiger partial charge in [0.1, 0.15) is 7.05 Å². The van der Waals surface area contributed by atoms with Gasteiger partial charge in [0.05, 0.1) is 5.56 Å². The molecule has 0 fully saturated rings. The van der Waals surface area contributed by atoms with Gasteiger partial charge in [-0.1, -0.05) is 76.2 Å². The summed E-state index contributed by atoms with van der Waals surface area (Å²) in [5.41, 5.74) is 12.4. The maximum absolute atomic E-state index is 2.44. The molecule has 1 heterocycles. The van der Waals surface area contributed by atoms with Gasteiger partial charge in [-0.05, 0) is 70.3 Å². The lowest BCUT2D eigenvalue weighted by Crippen LogP contribution is -2.44. The quantitative estimate of drug-likeness (QED) is 0.281. The third-order valence-corrected chi connectivity index (χ3v) is 8.47. The molecule has 1 aromatic heterocycles. The molecule has 0 aliphatic heterocycles. The van der Waals surface area contributed by atoms with Crippen LogP contribution < -0.4 is 4.57 Å². The second-order valence-electron chi connectivity index (χ2n) is 10.8. The van der Waals surface area contributed by atoms with Crippen LogP contribution in [-0.2, 0) is 17.9 Å². The second-order valence-corrected chi connectivity index (χ2v) is 10.8. The van der Waals surface area contributed by atoms with E-state index in [1.165, 1.54) is 61.0 Å². The van der Waals surface area contributed by atoms with E-state index in [0.29, 0.717) is 0 Å². The van der Waals surface area contributed by atoms with Crippen molar-refractivity contribution >= 4 is 10.8 Å². The zero-order valence-corrected chi connectivity index (χ0v) is 20.7. The molecule has 1 aliphatic carbocycles. The number of rotatable bonds is 1. The van der Waals surface area contributed by atoms with E-state index in [1.54, 1.807) is 0 Å². The molecule has 1 nitrogen and oxygen atoms in total. The fraction of sp³-hybridized carbons (Fsp3) is 0.323. The lowest BCUT2D eigenvalue weighted by molar-refractivity contribution is -0.660. The first-order valence-electron chi connectivity index (χ1n) is 11.7. The van der Waals surface area contributed by atoms with Crippen LogP contribution in [-0.4, -0.2) is 0 Å². The Morgan fingerprint density at radius 2 is 1.41 bits per heavy atom. The van der Waals surface area contributed by atoms with Crippen LogP contribution >= 0.6 is 0 Å². The molecule has 162 valence electrons. The maximum Gasteiger partial charge on any atom is 0.213 e. The molecule has 0 spiro atoms. The van der Waals surface area contributed by atoms with Crippen molar-refractivity contribution in [2.75, 3.05) is 0 Å². The molecule has 0 saturated carbocycles. The van der Waals surface area contributed by atoms with Crippen molar-refractivity contribution in [1.82, 2.24) is 0 Å². The SMILES string of the molecule is Cc1cc(-c2c(C)ccc3c2C(C)(C)C(C)(C)c2ccc4ccccc4c2-3)[n+](C)cc1C. The largest absolute Gasteiger partial charge is 0.213 e. The first-order valence-corrected chi connectivity index (χ1v) is 11.7. The predicted molar refractivity (Wildman–Crippen MR) is 136 cm³/mol. The van der Waals surface area contributed by atoms with Crippen molar-refractivity contribution in [2.24, 2.45) is 7.05 Å². The number of fused-ring (bicyclic) bond motifs is 5. The normalized spacial score (nSPS) is 16.0. The number of pyridine rings is 1. The summed E-state index contributed by atoms with van der Waals surface area (Å²) >= 11 is 0. The molecule has 0 saturated heterocycles. The van der Waals surface area contributed by atoms with E-state index < -0.39 is 0 Å². The number of hydrogen-bond donors (Lipinski definition) is 0. The Labute approximate surface area is 192 Å². The molecular weight excluding hydrogens is 386 g/mol. The Morgan fingerprint density at radius 3 is 2.16 bits per heavy atom. The predicted octanol–water partition coefficient (Wildman–Crippen LogP) is 7.49. The first kappa shape index (κ1) is 20.9. The second kappa shape index (κ2) is 6.78. The number of nitrogens with zero attached hydrogens (tertiary/aromatic N) is 1. The molecule has 1 heteroatoms. The van der Waals surface area contributed by atoms with Crippen molar-refractivity contribution in [3.05, 3.63) is 88.6 Å². The summed E-state index contributed by atoms with van der Waals surface area (Å²) in [4.78, 5) is 0. The average molecular weight is 421 g/mol. The number of aromatic nitrogens is 1. The highest BCUT2D eigenvalue weighted by atomic mass is 14.9. The molecule has 4 aromatic rings. The summed E-state index contributed by atoms with van der Waals surface area (Å²) in [7, 11) is 2.19. The molecule has 0 N–H and O–H groups in total. The molecular formula is C31H34N+. The zero-order valence-electron chi connectivity index (χ0n) is 20.7. The van der Waals surface area contributed by atoms with Gasteiger partial charge in [-0.3, -0.25) is 0 Å². The van der Waals surface area contributed by atoms with E-state index in [2.05, 4.69) is 121 Å². The standard InChI is InChI=1S/C31H34N/c1-19-13-15-24-28-23-12-10-9-11-22(23)14-16-25(28)30(4,5)31(6,7)29(24)27(19)26-17-20(2)21(3)18-32(26)8/h9-18H,1-8H3/q+1. The van der Waals surface area contributed by atoms with Crippen LogP contribution in [0.25, 0.3) is 33.2 Å². The summed E-state index contributed by atoms with van der Waals surface area (Å²) < 4.78 is 2.31. The number of hydrogen-bond acceptors (Lipinski definition) is 0. The maximum atomic E-state index is 2.44. The summed E-state index contributed by atoms with van der Waals surface area (Å²) in [5, 5.41) is 2.67. The highest BCUT2D eigenvalue weighted by molar-refractivity contribution is 6.02. The van der Waals surface area contributed by atoms with Crippen molar-refractivity contribution < 1.29 is 4.57 Å². The summed E-state index contributed by atoms with van der Waals surface area (Å²) in [6.45, 7) is 16.4. The highest BCUT2D eigenvalue weighted by Crippen LogP contribution is 2.57. The summed E-state index contributed by atoms with van der Waals surface area (Å²) in [6, 6.07) is 20.6. The Bertz CT molecular complexity index is 1400. The van der Waals surface area contributed by atoms with Crippen molar-refractivity contribution in [1.29, 1.82) is 0 Å². The lowest BCUT2D eigenvalue weighted by atomic mass is 9.54. The van der Waals surface area contributed by atoms with E-state index in [9.17, 15) is 0 Å². The van der Waals surface area contributed by atoms with Gasteiger partial charge >= 0.3 is 0 Å². The van der Waals surface area contributed by atoms with Gasteiger partial charge in [0.2, 0.25) is 5.69 Å². The van der Waals surface area contributed by atoms with Gasteiger partial charge in [0.15, 0.2) is 6.20 Å². The molecule has 1 aliphatic rings. The molecule has 0 atom stereocenters. The molecule has 3 aromatic carbocycles. The Kier molecular flexibility index (Phi) is 4.44. The van der Waals surface area contributed by atoms with Crippen LogP contribution in [0.1, 0.15) is 55.5 Å². The van der Waals surface area contributed by atoms with Crippen LogP contribution in [0.2, 0.25) is 0 Å². The van der Waals surface area contributed by atoms with Gasteiger partial charge < -0.3 is 0 Å². The van der Waals surface area contributed by atoms with Crippen LogP contribution in [0.5, 0.6) is 0 Å². The topological polar surface area (TPSA) is 3.88 Å². The van der Waals surface area contributed by atoms with Crippen molar-refractivity contribution in [2.45, 2.75) is 59.3 Å². The number of aryl methyl sites for hydroxylation is 4. The Hall–Kier alpha value is -2.93. The smallest absolute Gasteiger partial charge is 0.201 e. The van der Waals surface area contributed by atoms with Crippen LogP contribution in [0.15, 0.2) is 60.8 Å². The molecule has 0 amide bonds. The van der Waals surface area contributed by atoms with E-state index >= 15 is 0 Å². The van der Waals surface area contributed by atoms with Gasteiger partial charge in [-0.2, -0.15) is 0 Å². The molecule has 0 bridgehead atoms. The third-order valence-electron chi connectivity index (χ3n) is 8.47. The van der Waals surface area contributed by atoms with Gasteiger partial charge in [-0.25, -0.2) is 4.57 Å². The number of benzene rings is 3. The van der Waals surface area contributed by atoms with E-state index in [0.717, 1.165) is 0 Å². The first-order chi connectivity index (χ1) is 15.1. The summed E-state index contributed by atoms with van der Waals surface area (Å²) in [6.07, 6.45) is 2.27. The van der Waals surface area contributed by atoms with Crippen LogP contribution in [0.3, 0.4) is 0 Å². The van der Waals surface area contributed by atoms with E-state index in [1.807, 2.05) is 0 Å².